The number of hydrazine groups is 2. The number of thiazole rings is 1. The molecule has 1 aliphatic rings. The van der Waals surface area contributed by atoms with Crippen LogP contribution in [-0.4, -0.2) is 22.6 Å². The molecule has 0 atom stereocenters. The number of hydrogen-bond acceptors (Lipinski definition) is 8. The second-order valence-electron chi connectivity index (χ2n) is 4.35. The first kappa shape index (κ1) is 13.8. The molecule has 9 heteroatoms. The van der Waals surface area contributed by atoms with Crippen LogP contribution >= 0.6 is 11.3 Å². The first-order valence-corrected chi connectivity index (χ1v) is 7.02. The number of nitrogen functional groups attached to an aromatic ring is 1. The van der Waals surface area contributed by atoms with Gasteiger partial charge in [0.05, 0.1) is 18.0 Å². The van der Waals surface area contributed by atoms with E-state index >= 15 is 0 Å². The Morgan fingerprint density at radius 1 is 1.43 bits per heavy atom. The summed E-state index contributed by atoms with van der Waals surface area (Å²) in [5.74, 6) is 0.169. The molecule has 1 aliphatic heterocycles. The van der Waals surface area contributed by atoms with Crippen molar-refractivity contribution >= 4 is 33.7 Å². The van der Waals surface area contributed by atoms with E-state index in [1.54, 1.807) is 18.2 Å². The lowest BCUT2D eigenvalue weighted by Crippen LogP contribution is -2.47. The summed E-state index contributed by atoms with van der Waals surface area (Å²) in [6.45, 7) is 0.362. The van der Waals surface area contributed by atoms with Crippen LogP contribution in [0, 0.1) is 5.41 Å². The van der Waals surface area contributed by atoms with Gasteiger partial charge in [-0.1, -0.05) is 12.1 Å². The largest absolute Gasteiger partial charge is 0.375 e. The maximum absolute atomic E-state index is 9.73. The molecule has 0 radical (unpaired) electrons. The molecule has 0 spiro atoms. The predicted octanol–water partition coefficient (Wildman–Crippen LogP) is 1.35. The average molecular weight is 306 g/mol. The lowest BCUT2D eigenvalue weighted by Gasteiger charge is -2.19. The van der Waals surface area contributed by atoms with Crippen molar-refractivity contribution in [2.75, 3.05) is 22.5 Å². The third kappa shape index (κ3) is 2.81. The first-order chi connectivity index (χ1) is 10.1. The topological polar surface area (TPSA) is 111 Å². The van der Waals surface area contributed by atoms with Crippen molar-refractivity contribution in [1.82, 2.24) is 10.5 Å². The van der Waals surface area contributed by atoms with Crippen LogP contribution < -0.4 is 21.4 Å². The highest BCUT2D eigenvalue weighted by Gasteiger charge is 2.27. The van der Waals surface area contributed by atoms with Crippen LogP contribution in [0.1, 0.15) is 5.69 Å². The van der Waals surface area contributed by atoms with Crippen molar-refractivity contribution in [3.63, 3.8) is 0 Å². The zero-order chi connectivity index (χ0) is 14.8. The van der Waals surface area contributed by atoms with E-state index in [0.717, 1.165) is 10.9 Å². The van der Waals surface area contributed by atoms with Gasteiger partial charge in [-0.3, -0.25) is 10.6 Å². The van der Waals surface area contributed by atoms with Gasteiger partial charge in [0.2, 0.25) is 0 Å². The Kier molecular flexibility index (Phi) is 3.71. The van der Waals surface area contributed by atoms with E-state index in [4.69, 9.17) is 15.9 Å². The molecule has 5 N–H and O–H groups in total. The Hall–Kier alpha value is -2.20. The fourth-order valence-electron chi connectivity index (χ4n) is 1.95. The molecule has 2 heterocycles. The van der Waals surface area contributed by atoms with Gasteiger partial charge in [-0.05, 0) is 12.1 Å². The van der Waals surface area contributed by atoms with Crippen LogP contribution in [0.15, 0.2) is 29.6 Å². The highest BCUT2D eigenvalue weighted by atomic mass is 32.1. The number of hydrogen-bond donors (Lipinski definition) is 4. The van der Waals surface area contributed by atoms with E-state index in [1.807, 2.05) is 11.4 Å². The molecule has 0 saturated heterocycles. The smallest absolute Gasteiger partial charge is 0.180 e. The van der Waals surface area contributed by atoms with Gasteiger partial charge < -0.3 is 10.5 Å². The summed E-state index contributed by atoms with van der Waals surface area (Å²) < 4.78 is 5.44. The van der Waals surface area contributed by atoms with Crippen molar-refractivity contribution in [1.29, 1.82) is 5.41 Å². The number of rotatable bonds is 4. The van der Waals surface area contributed by atoms with Crippen LogP contribution in [-0.2, 0) is 11.3 Å². The zero-order valence-electron chi connectivity index (χ0n) is 11.0. The minimum Gasteiger partial charge on any atom is -0.375 e. The lowest BCUT2D eigenvalue weighted by molar-refractivity contribution is 0.153. The van der Waals surface area contributed by atoms with E-state index in [9.17, 15) is 5.21 Å². The number of nitrogens with two attached hydrogens (primary N) is 1. The van der Waals surface area contributed by atoms with E-state index in [2.05, 4.69) is 10.5 Å². The van der Waals surface area contributed by atoms with E-state index in [1.165, 1.54) is 16.3 Å². The number of fused-ring (bicyclic) bond motifs is 1. The molecule has 8 nitrogen and oxygen atoms in total. The van der Waals surface area contributed by atoms with Crippen LogP contribution in [0.2, 0.25) is 0 Å². The van der Waals surface area contributed by atoms with Gasteiger partial charge in [-0.15, -0.1) is 16.9 Å². The van der Waals surface area contributed by atoms with Crippen molar-refractivity contribution in [2.24, 2.45) is 0 Å². The highest BCUT2D eigenvalue weighted by Crippen LogP contribution is 2.31. The van der Waals surface area contributed by atoms with Crippen LogP contribution in [0.5, 0.6) is 0 Å². The molecular weight excluding hydrogens is 292 g/mol. The van der Waals surface area contributed by atoms with Gasteiger partial charge in [0.25, 0.3) is 0 Å². The molecule has 1 aromatic carbocycles. The minimum absolute atomic E-state index is 0.0760. The third-order valence-electron chi connectivity index (χ3n) is 2.87. The molecule has 1 aromatic heterocycles. The van der Waals surface area contributed by atoms with Crippen molar-refractivity contribution in [3.8, 4) is 0 Å². The molecule has 0 fully saturated rings. The molecule has 0 bridgehead atoms. The van der Waals surface area contributed by atoms with Crippen LogP contribution in [0.4, 0.5) is 16.5 Å². The Bertz CT molecular complexity index is 661. The summed E-state index contributed by atoms with van der Waals surface area (Å²) in [7, 11) is 0. The standard InChI is InChI=1S/C12H14N6O2S/c13-11(6-20-5-8-7-21-12(14)15-8)17-9-3-1-2-4-10(9)18(19)16-17/h1-4,7,13,16,19H,5-6H2,(H2,14,15). The monoisotopic (exact) mass is 306 g/mol. The summed E-state index contributed by atoms with van der Waals surface area (Å²) in [6.07, 6.45) is 0. The summed E-state index contributed by atoms with van der Waals surface area (Å²) in [5, 5.41) is 22.4. The average Bonchev–Trinajstić information content (AvgIpc) is 3.04. The Morgan fingerprint density at radius 3 is 2.90 bits per heavy atom. The Morgan fingerprint density at radius 2 is 2.19 bits per heavy atom. The molecule has 3 rings (SSSR count). The van der Waals surface area contributed by atoms with Crippen molar-refractivity contribution in [2.45, 2.75) is 6.61 Å². The number of nitrogens with zero attached hydrogens (tertiary/aromatic N) is 3. The number of benzene rings is 1. The van der Waals surface area contributed by atoms with Gasteiger partial charge in [0, 0.05) is 5.38 Å². The van der Waals surface area contributed by atoms with Crippen LogP contribution in [0.25, 0.3) is 0 Å². The second-order valence-corrected chi connectivity index (χ2v) is 5.24. The van der Waals surface area contributed by atoms with E-state index in [-0.39, 0.29) is 19.0 Å². The first-order valence-electron chi connectivity index (χ1n) is 6.14. The summed E-state index contributed by atoms with van der Waals surface area (Å²) in [6, 6.07) is 7.18. The second kappa shape index (κ2) is 5.66. The van der Waals surface area contributed by atoms with Gasteiger partial charge in [0.1, 0.15) is 18.1 Å². The zero-order valence-corrected chi connectivity index (χ0v) is 11.8. The molecule has 2 aromatic rings. The number of amidine groups is 1. The molecule has 21 heavy (non-hydrogen) atoms. The molecular formula is C12H14N6O2S. The fraction of sp³-hybridized carbons (Fsp3) is 0.167. The third-order valence-corrected chi connectivity index (χ3v) is 3.60. The fourth-order valence-corrected chi connectivity index (χ4v) is 2.49. The van der Waals surface area contributed by atoms with E-state index in [0.29, 0.717) is 16.5 Å². The maximum atomic E-state index is 9.73. The number of para-hydroxylation sites is 2. The van der Waals surface area contributed by atoms with E-state index < -0.39 is 0 Å². The Labute approximate surface area is 124 Å². The lowest BCUT2D eigenvalue weighted by atomic mass is 10.2. The highest BCUT2D eigenvalue weighted by molar-refractivity contribution is 7.13. The molecule has 0 aliphatic carbocycles. The molecule has 110 valence electrons. The summed E-state index contributed by atoms with van der Waals surface area (Å²) >= 11 is 1.35. The number of nitrogens with one attached hydrogen (secondary N) is 2. The molecule has 0 saturated carbocycles. The molecule has 0 unspecified atom stereocenters. The maximum Gasteiger partial charge on any atom is 0.180 e. The van der Waals surface area contributed by atoms with Crippen molar-refractivity contribution in [3.05, 3.63) is 35.3 Å². The SMILES string of the molecule is N=C(COCc1csc(N)n1)N1NN(O)c2ccccc21. The minimum atomic E-state index is 0.0760. The van der Waals surface area contributed by atoms with Gasteiger partial charge >= 0.3 is 0 Å². The van der Waals surface area contributed by atoms with Crippen LogP contribution in [0.3, 0.4) is 0 Å². The summed E-state index contributed by atoms with van der Waals surface area (Å²) in [5.41, 5.74) is 10.2. The Balaban J connectivity index is 1.59. The van der Waals surface area contributed by atoms with Gasteiger partial charge in [-0.25, -0.2) is 9.99 Å². The quantitative estimate of drug-likeness (QED) is 0.498. The molecule has 0 amide bonds. The predicted molar refractivity (Wildman–Crippen MR) is 80.2 cm³/mol. The van der Waals surface area contributed by atoms with Crippen molar-refractivity contribution < 1.29 is 9.94 Å². The van der Waals surface area contributed by atoms with Gasteiger partial charge in [-0.2, -0.15) is 5.17 Å². The number of aromatic nitrogens is 1. The number of ether oxygens (including phenoxy) is 1. The van der Waals surface area contributed by atoms with Gasteiger partial charge in [0.15, 0.2) is 5.13 Å². The normalized spacial score (nSPS) is 13.6. The number of anilines is 3. The summed E-state index contributed by atoms with van der Waals surface area (Å²) in [4.78, 5) is 4.08.